The summed E-state index contributed by atoms with van der Waals surface area (Å²) in [5.41, 5.74) is 2.22. The summed E-state index contributed by atoms with van der Waals surface area (Å²) in [7, 11) is -3.01. The van der Waals surface area contributed by atoms with Crippen LogP contribution < -0.4 is 5.32 Å². The second-order valence-corrected chi connectivity index (χ2v) is 11.3. The zero-order valence-electron chi connectivity index (χ0n) is 15.6. The van der Waals surface area contributed by atoms with Crippen molar-refractivity contribution in [3.05, 3.63) is 38.8 Å². The minimum Gasteiger partial charge on any atom is -0.396 e. The molecule has 3 rings (SSSR count). The van der Waals surface area contributed by atoms with Crippen LogP contribution >= 0.6 is 22.9 Å². The second kappa shape index (κ2) is 8.61. The molecule has 1 fully saturated rings. The highest BCUT2D eigenvalue weighted by Crippen LogP contribution is 2.42. The van der Waals surface area contributed by atoms with Crippen molar-refractivity contribution in [2.24, 2.45) is 0 Å². The molecule has 0 bridgehead atoms. The number of aliphatic hydroxyl groups is 1. The van der Waals surface area contributed by atoms with Crippen LogP contribution in [0.25, 0.3) is 0 Å². The third-order valence-electron chi connectivity index (χ3n) is 4.95. The van der Waals surface area contributed by atoms with Crippen LogP contribution in [0.3, 0.4) is 0 Å². The Kier molecular flexibility index (Phi) is 6.63. The quantitative estimate of drug-likeness (QED) is 0.704. The first-order chi connectivity index (χ1) is 12.7. The summed E-state index contributed by atoms with van der Waals surface area (Å²) in [6.07, 6.45) is 7.58. The Bertz CT molecular complexity index is 878. The van der Waals surface area contributed by atoms with E-state index in [0.717, 1.165) is 28.3 Å². The number of sulfone groups is 1. The lowest BCUT2D eigenvalue weighted by atomic mass is 9.84. The van der Waals surface area contributed by atoms with E-state index in [9.17, 15) is 13.5 Å². The van der Waals surface area contributed by atoms with Gasteiger partial charge < -0.3 is 10.4 Å². The van der Waals surface area contributed by atoms with E-state index in [4.69, 9.17) is 11.6 Å². The predicted octanol–water partition coefficient (Wildman–Crippen LogP) is 2.77. The highest BCUT2D eigenvalue weighted by molar-refractivity contribution is 7.90. The number of nitrogens with one attached hydrogen (secondary N) is 1. The maximum Gasteiger partial charge on any atom is 0.149 e. The van der Waals surface area contributed by atoms with E-state index < -0.39 is 9.84 Å². The highest BCUT2D eigenvalue weighted by atomic mass is 35.5. The van der Waals surface area contributed by atoms with Gasteiger partial charge in [0.05, 0.1) is 22.8 Å². The Hall–Kier alpha value is -0.930. The number of nitrogens with zero attached hydrogens (tertiary/aromatic N) is 2. The van der Waals surface area contributed by atoms with Crippen LogP contribution in [0.4, 0.5) is 0 Å². The van der Waals surface area contributed by atoms with Gasteiger partial charge in [0.2, 0.25) is 0 Å². The van der Waals surface area contributed by atoms with E-state index in [0.29, 0.717) is 24.9 Å². The molecule has 0 aromatic carbocycles. The van der Waals surface area contributed by atoms with E-state index in [2.05, 4.69) is 17.3 Å². The number of hydrogen-bond acceptors (Lipinski definition) is 6. The predicted molar refractivity (Wildman–Crippen MR) is 109 cm³/mol. The standard InChI is InChI=1S/C18H26ClN3O3S2/c1-12-7-14(18-13(3-5-23)9-17(19)26-18)8-16(21-12)15-10-20-22(11-15)4-6-27(2,24)25/h9-12,14,16,21,23H,3-8H2,1-2H3. The van der Waals surface area contributed by atoms with Crippen LogP contribution in [0.5, 0.6) is 0 Å². The van der Waals surface area contributed by atoms with Crippen LogP contribution in [0.2, 0.25) is 4.34 Å². The van der Waals surface area contributed by atoms with Gasteiger partial charge in [0.15, 0.2) is 0 Å². The Balaban J connectivity index is 1.75. The molecule has 2 aromatic rings. The summed E-state index contributed by atoms with van der Waals surface area (Å²) < 4.78 is 25.2. The summed E-state index contributed by atoms with van der Waals surface area (Å²) in [5, 5.41) is 17.3. The van der Waals surface area contributed by atoms with Crippen molar-refractivity contribution in [2.75, 3.05) is 18.6 Å². The molecule has 3 atom stereocenters. The molecule has 6 nitrogen and oxygen atoms in total. The van der Waals surface area contributed by atoms with Gasteiger partial charge in [-0.15, -0.1) is 11.3 Å². The van der Waals surface area contributed by atoms with Gasteiger partial charge in [0.1, 0.15) is 9.84 Å². The van der Waals surface area contributed by atoms with Gasteiger partial charge >= 0.3 is 0 Å². The summed E-state index contributed by atoms with van der Waals surface area (Å²) >= 11 is 7.86. The molecule has 9 heteroatoms. The Morgan fingerprint density at radius 3 is 2.93 bits per heavy atom. The number of rotatable bonds is 7. The van der Waals surface area contributed by atoms with Crippen molar-refractivity contribution in [3.63, 3.8) is 0 Å². The third-order valence-corrected chi connectivity index (χ3v) is 7.35. The number of thiophene rings is 1. The lowest BCUT2D eigenvalue weighted by Gasteiger charge is -2.34. The van der Waals surface area contributed by atoms with Crippen molar-refractivity contribution in [2.45, 2.75) is 50.7 Å². The molecule has 150 valence electrons. The fraction of sp³-hybridized carbons (Fsp3) is 0.611. The molecule has 0 spiro atoms. The fourth-order valence-corrected chi connectivity index (χ4v) is 5.71. The van der Waals surface area contributed by atoms with Crippen LogP contribution in [0.1, 0.15) is 47.7 Å². The summed E-state index contributed by atoms with van der Waals surface area (Å²) in [5.74, 6) is 0.466. The first-order valence-corrected chi connectivity index (χ1v) is 12.4. The topological polar surface area (TPSA) is 84.2 Å². The molecule has 2 aromatic heterocycles. The molecular formula is C18H26ClN3O3S2. The fourth-order valence-electron chi connectivity index (χ4n) is 3.74. The number of aliphatic hydroxyl groups excluding tert-OH is 1. The lowest BCUT2D eigenvalue weighted by Crippen LogP contribution is -2.37. The number of aryl methyl sites for hydroxylation is 1. The zero-order chi connectivity index (χ0) is 19.6. The summed E-state index contributed by atoms with van der Waals surface area (Å²) in [6.45, 7) is 2.66. The Labute approximate surface area is 169 Å². The molecule has 1 aliphatic rings. The third kappa shape index (κ3) is 5.54. The molecule has 0 aliphatic carbocycles. The van der Waals surface area contributed by atoms with Crippen LogP contribution in [0, 0.1) is 0 Å². The number of aromatic nitrogens is 2. The lowest BCUT2D eigenvalue weighted by molar-refractivity contribution is 0.294. The van der Waals surface area contributed by atoms with Gasteiger partial charge in [-0.2, -0.15) is 5.10 Å². The van der Waals surface area contributed by atoms with Gasteiger partial charge in [-0.05, 0) is 43.7 Å². The maximum atomic E-state index is 11.4. The molecule has 1 saturated heterocycles. The molecule has 0 radical (unpaired) electrons. The van der Waals surface area contributed by atoms with Gasteiger partial charge in [-0.1, -0.05) is 11.6 Å². The highest BCUT2D eigenvalue weighted by Gasteiger charge is 2.31. The normalized spacial score (nSPS) is 23.6. The van der Waals surface area contributed by atoms with Crippen molar-refractivity contribution in [3.8, 4) is 0 Å². The molecule has 0 amide bonds. The van der Waals surface area contributed by atoms with Gasteiger partial charge in [-0.25, -0.2) is 8.42 Å². The van der Waals surface area contributed by atoms with Crippen molar-refractivity contribution >= 4 is 32.8 Å². The van der Waals surface area contributed by atoms with Crippen molar-refractivity contribution < 1.29 is 13.5 Å². The average Bonchev–Trinajstić information content (AvgIpc) is 3.19. The van der Waals surface area contributed by atoms with E-state index in [-0.39, 0.29) is 18.4 Å². The van der Waals surface area contributed by atoms with Crippen molar-refractivity contribution in [1.82, 2.24) is 15.1 Å². The molecule has 2 N–H and O–H groups in total. The van der Waals surface area contributed by atoms with Gasteiger partial charge in [0.25, 0.3) is 0 Å². The SMILES string of the molecule is CC1CC(c2sc(Cl)cc2CCO)CC(c2cnn(CCS(C)(=O)=O)c2)N1. The number of halogens is 1. The number of hydrogen-bond donors (Lipinski definition) is 2. The van der Waals surface area contributed by atoms with Crippen LogP contribution in [-0.2, 0) is 22.8 Å². The minimum atomic E-state index is -3.01. The van der Waals surface area contributed by atoms with E-state index in [1.54, 1.807) is 16.0 Å². The van der Waals surface area contributed by atoms with Crippen LogP contribution in [0.15, 0.2) is 18.5 Å². The molecule has 27 heavy (non-hydrogen) atoms. The summed E-state index contributed by atoms with van der Waals surface area (Å²) in [6, 6.07) is 2.48. The van der Waals surface area contributed by atoms with Gasteiger partial charge in [-0.3, -0.25) is 4.68 Å². The monoisotopic (exact) mass is 431 g/mol. The maximum absolute atomic E-state index is 11.4. The smallest absolute Gasteiger partial charge is 0.149 e. The van der Waals surface area contributed by atoms with E-state index >= 15 is 0 Å². The zero-order valence-corrected chi connectivity index (χ0v) is 17.9. The van der Waals surface area contributed by atoms with Crippen molar-refractivity contribution in [1.29, 1.82) is 0 Å². The second-order valence-electron chi connectivity index (χ2n) is 7.37. The largest absolute Gasteiger partial charge is 0.396 e. The molecule has 3 unspecified atom stereocenters. The molecular weight excluding hydrogens is 406 g/mol. The minimum absolute atomic E-state index is 0.0868. The summed E-state index contributed by atoms with van der Waals surface area (Å²) in [4.78, 5) is 1.27. The Morgan fingerprint density at radius 2 is 2.22 bits per heavy atom. The Morgan fingerprint density at radius 1 is 1.44 bits per heavy atom. The molecule has 1 aliphatic heterocycles. The molecule has 0 saturated carbocycles. The average molecular weight is 432 g/mol. The van der Waals surface area contributed by atoms with E-state index in [1.807, 2.05) is 18.5 Å². The first-order valence-electron chi connectivity index (χ1n) is 9.10. The molecule has 3 heterocycles. The number of piperidine rings is 1. The van der Waals surface area contributed by atoms with Gasteiger partial charge in [0, 0.05) is 41.6 Å². The van der Waals surface area contributed by atoms with E-state index in [1.165, 1.54) is 11.1 Å². The first kappa shape index (κ1) is 20.8. The van der Waals surface area contributed by atoms with Crippen LogP contribution in [-0.4, -0.2) is 48.0 Å².